The van der Waals surface area contributed by atoms with E-state index in [0.29, 0.717) is 13.0 Å². The number of hydrogen-bond donors (Lipinski definition) is 2. The van der Waals surface area contributed by atoms with Crippen LogP contribution in [0.4, 0.5) is 10.1 Å². The maximum absolute atomic E-state index is 12.9. The highest BCUT2D eigenvalue weighted by Gasteiger charge is 2.01. The van der Waals surface area contributed by atoms with Gasteiger partial charge in [0.05, 0.1) is 6.10 Å². The van der Waals surface area contributed by atoms with Crippen LogP contribution in [0.1, 0.15) is 18.9 Å². The second kappa shape index (κ2) is 4.96. The van der Waals surface area contributed by atoms with Gasteiger partial charge in [-0.1, -0.05) is 6.92 Å². The van der Waals surface area contributed by atoms with E-state index in [1.54, 1.807) is 0 Å². The summed E-state index contributed by atoms with van der Waals surface area (Å²) < 4.78 is 12.9. The van der Waals surface area contributed by atoms with Gasteiger partial charge in [-0.25, -0.2) is 4.39 Å². The van der Waals surface area contributed by atoms with E-state index < -0.39 is 0 Å². The highest BCUT2D eigenvalue weighted by molar-refractivity contribution is 5.46. The second-order valence-electron chi connectivity index (χ2n) is 3.46. The highest BCUT2D eigenvalue weighted by Crippen LogP contribution is 2.13. The Bertz CT molecular complexity index is 281. The van der Waals surface area contributed by atoms with Crippen LogP contribution in [-0.4, -0.2) is 17.8 Å². The lowest BCUT2D eigenvalue weighted by atomic mass is 10.2. The molecule has 1 aromatic rings. The zero-order chi connectivity index (χ0) is 10.6. The summed E-state index contributed by atoms with van der Waals surface area (Å²) in [4.78, 5) is 0. The van der Waals surface area contributed by atoms with E-state index >= 15 is 0 Å². The average molecular weight is 197 g/mol. The molecule has 0 aromatic heterocycles. The van der Waals surface area contributed by atoms with Crippen LogP contribution in [0, 0.1) is 12.7 Å². The zero-order valence-electron chi connectivity index (χ0n) is 8.55. The van der Waals surface area contributed by atoms with Gasteiger partial charge in [0, 0.05) is 12.2 Å². The Morgan fingerprint density at radius 2 is 2.14 bits per heavy atom. The van der Waals surface area contributed by atoms with Gasteiger partial charge in [-0.05, 0) is 37.1 Å². The van der Waals surface area contributed by atoms with Crippen molar-refractivity contribution in [3.63, 3.8) is 0 Å². The van der Waals surface area contributed by atoms with E-state index in [-0.39, 0.29) is 11.9 Å². The fraction of sp³-hybridized carbons (Fsp3) is 0.455. The molecule has 0 radical (unpaired) electrons. The maximum atomic E-state index is 12.9. The molecule has 3 heteroatoms. The molecule has 0 saturated heterocycles. The standard InChI is InChI=1S/C11H16FNO/c1-3-11(14)7-13-10-5-8(2)4-9(12)6-10/h4-6,11,13-14H,3,7H2,1-2H3. The smallest absolute Gasteiger partial charge is 0.125 e. The minimum atomic E-state index is -0.376. The summed E-state index contributed by atoms with van der Waals surface area (Å²) in [6.07, 6.45) is 0.319. The molecule has 0 aliphatic carbocycles. The van der Waals surface area contributed by atoms with Gasteiger partial charge >= 0.3 is 0 Å². The Kier molecular flexibility index (Phi) is 3.89. The SMILES string of the molecule is CCC(O)CNc1cc(C)cc(F)c1. The van der Waals surface area contributed by atoms with Crippen LogP contribution in [0.2, 0.25) is 0 Å². The number of aliphatic hydroxyl groups excluding tert-OH is 1. The summed E-state index contributed by atoms with van der Waals surface area (Å²) in [7, 11) is 0. The molecule has 1 aromatic carbocycles. The van der Waals surface area contributed by atoms with E-state index in [1.807, 2.05) is 19.9 Å². The first-order chi connectivity index (χ1) is 6.61. The van der Waals surface area contributed by atoms with Crippen molar-refractivity contribution >= 4 is 5.69 Å². The number of benzene rings is 1. The van der Waals surface area contributed by atoms with Gasteiger partial charge < -0.3 is 10.4 Å². The summed E-state index contributed by atoms with van der Waals surface area (Å²) >= 11 is 0. The first-order valence-corrected chi connectivity index (χ1v) is 4.81. The number of hydrogen-bond acceptors (Lipinski definition) is 2. The number of aliphatic hydroxyl groups is 1. The number of aryl methyl sites for hydroxylation is 1. The van der Waals surface area contributed by atoms with Crippen molar-refractivity contribution in [1.29, 1.82) is 0 Å². The predicted octanol–water partition coefficient (Wildman–Crippen LogP) is 2.32. The van der Waals surface area contributed by atoms with E-state index in [0.717, 1.165) is 11.3 Å². The van der Waals surface area contributed by atoms with Crippen molar-refractivity contribution in [2.45, 2.75) is 26.4 Å². The zero-order valence-corrected chi connectivity index (χ0v) is 8.55. The molecule has 0 spiro atoms. The van der Waals surface area contributed by atoms with Crippen LogP contribution in [-0.2, 0) is 0 Å². The van der Waals surface area contributed by atoms with Crippen molar-refractivity contribution < 1.29 is 9.50 Å². The predicted molar refractivity (Wildman–Crippen MR) is 55.9 cm³/mol. The quantitative estimate of drug-likeness (QED) is 0.776. The molecule has 0 amide bonds. The third kappa shape index (κ3) is 3.34. The lowest BCUT2D eigenvalue weighted by Gasteiger charge is -2.11. The number of nitrogens with one attached hydrogen (secondary N) is 1. The van der Waals surface area contributed by atoms with Crippen molar-refractivity contribution in [2.75, 3.05) is 11.9 Å². The van der Waals surface area contributed by atoms with Gasteiger partial charge in [-0.2, -0.15) is 0 Å². The fourth-order valence-electron chi connectivity index (χ4n) is 1.22. The summed E-state index contributed by atoms with van der Waals surface area (Å²) in [5.41, 5.74) is 1.59. The van der Waals surface area contributed by atoms with E-state index in [9.17, 15) is 9.50 Å². The molecule has 0 aliphatic rings. The molecule has 1 rings (SSSR count). The largest absolute Gasteiger partial charge is 0.391 e. The summed E-state index contributed by atoms with van der Waals surface area (Å²) in [5.74, 6) is -0.251. The van der Waals surface area contributed by atoms with E-state index in [4.69, 9.17) is 0 Å². The molecular formula is C11H16FNO. The van der Waals surface area contributed by atoms with Crippen LogP contribution in [0.15, 0.2) is 18.2 Å². The molecule has 1 atom stereocenters. The Morgan fingerprint density at radius 1 is 1.43 bits per heavy atom. The van der Waals surface area contributed by atoms with Gasteiger partial charge in [0.2, 0.25) is 0 Å². The van der Waals surface area contributed by atoms with Gasteiger partial charge in [0.25, 0.3) is 0 Å². The van der Waals surface area contributed by atoms with Gasteiger partial charge in [-0.15, -0.1) is 0 Å². The van der Waals surface area contributed by atoms with Crippen LogP contribution >= 0.6 is 0 Å². The molecule has 2 nitrogen and oxygen atoms in total. The summed E-state index contributed by atoms with van der Waals surface area (Å²) in [6.45, 7) is 4.20. The lowest BCUT2D eigenvalue weighted by Crippen LogP contribution is -2.18. The Morgan fingerprint density at radius 3 is 2.71 bits per heavy atom. The van der Waals surface area contributed by atoms with Crippen molar-refractivity contribution in [3.05, 3.63) is 29.6 Å². The van der Waals surface area contributed by atoms with E-state index in [2.05, 4.69) is 5.32 Å². The monoisotopic (exact) mass is 197 g/mol. The summed E-state index contributed by atoms with van der Waals surface area (Å²) in [6, 6.07) is 4.75. The maximum Gasteiger partial charge on any atom is 0.125 e. The molecule has 0 aliphatic heterocycles. The lowest BCUT2D eigenvalue weighted by molar-refractivity contribution is 0.183. The third-order valence-corrected chi connectivity index (χ3v) is 2.06. The summed E-state index contributed by atoms with van der Waals surface area (Å²) in [5, 5.41) is 12.3. The average Bonchev–Trinajstić information content (AvgIpc) is 2.12. The van der Waals surface area contributed by atoms with Crippen LogP contribution < -0.4 is 5.32 Å². The molecule has 0 saturated carbocycles. The first kappa shape index (κ1) is 11.0. The molecule has 14 heavy (non-hydrogen) atoms. The number of rotatable bonds is 4. The van der Waals surface area contributed by atoms with Crippen molar-refractivity contribution in [1.82, 2.24) is 0 Å². The third-order valence-electron chi connectivity index (χ3n) is 2.06. The second-order valence-corrected chi connectivity index (χ2v) is 3.46. The molecule has 0 heterocycles. The first-order valence-electron chi connectivity index (χ1n) is 4.81. The van der Waals surface area contributed by atoms with E-state index in [1.165, 1.54) is 12.1 Å². The van der Waals surface area contributed by atoms with Gasteiger partial charge in [0.15, 0.2) is 0 Å². The molecule has 0 bridgehead atoms. The molecular weight excluding hydrogens is 181 g/mol. The van der Waals surface area contributed by atoms with Crippen LogP contribution in [0.25, 0.3) is 0 Å². The number of anilines is 1. The van der Waals surface area contributed by atoms with Crippen LogP contribution in [0.3, 0.4) is 0 Å². The Balaban J connectivity index is 2.58. The molecule has 2 N–H and O–H groups in total. The minimum Gasteiger partial charge on any atom is -0.391 e. The Hall–Kier alpha value is -1.09. The minimum absolute atomic E-state index is 0.251. The topological polar surface area (TPSA) is 32.3 Å². The van der Waals surface area contributed by atoms with Crippen molar-refractivity contribution in [3.8, 4) is 0 Å². The normalized spacial score (nSPS) is 12.6. The number of halogens is 1. The van der Waals surface area contributed by atoms with Gasteiger partial charge in [0.1, 0.15) is 5.82 Å². The fourth-order valence-corrected chi connectivity index (χ4v) is 1.22. The van der Waals surface area contributed by atoms with Crippen molar-refractivity contribution in [2.24, 2.45) is 0 Å². The van der Waals surface area contributed by atoms with Gasteiger partial charge in [-0.3, -0.25) is 0 Å². The Labute approximate surface area is 83.8 Å². The van der Waals surface area contributed by atoms with Crippen LogP contribution in [0.5, 0.6) is 0 Å². The highest BCUT2D eigenvalue weighted by atomic mass is 19.1. The molecule has 78 valence electrons. The molecule has 0 fully saturated rings. The molecule has 1 unspecified atom stereocenters.